The molecule has 1 aromatic carbocycles. The van der Waals surface area contributed by atoms with E-state index in [9.17, 15) is 0 Å². The summed E-state index contributed by atoms with van der Waals surface area (Å²) < 4.78 is 5.07. The molecule has 2 aromatic rings. The molecule has 0 saturated carbocycles. The third kappa shape index (κ3) is 2.41. The Morgan fingerprint density at radius 2 is 1.89 bits per heavy atom. The van der Waals surface area contributed by atoms with Crippen molar-refractivity contribution < 1.29 is 4.74 Å². The van der Waals surface area contributed by atoms with Gasteiger partial charge in [-0.15, -0.1) is 0 Å². The molecule has 0 radical (unpaired) electrons. The van der Waals surface area contributed by atoms with Crippen molar-refractivity contribution in [2.45, 2.75) is 0 Å². The molecular formula is C14H13N3O. The summed E-state index contributed by atoms with van der Waals surface area (Å²) in [4.78, 5) is 6.25. The Bertz CT molecular complexity index is 555. The van der Waals surface area contributed by atoms with E-state index >= 15 is 0 Å². The summed E-state index contributed by atoms with van der Waals surface area (Å²) in [5.41, 5.74) is 1.63. The molecule has 0 fully saturated rings. The van der Waals surface area contributed by atoms with Crippen LogP contribution >= 0.6 is 0 Å². The van der Waals surface area contributed by atoms with Crippen LogP contribution in [0.4, 0.5) is 11.5 Å². The minimum absolute atomic E-state index is 0.648. The van der Waals surface area contributed by atoms with Crippen LogP contribution in [0.25, 0.3) is 0 Å². The number of rotatable bonds is 3. The zero-order valence-corrected chi connectivity index (χ0v) is 10.3. The van der Waals surface area contributed by atoms with Crippen molar-refractivity contribution in [3.8, 4) is 11.8 Å². The summed E-state index contributed by atoms with van der Waals surface area (Å²) in [5.74, 6) is 1.55. The van der Waals surface area contributed by atoms with Gasteiger partial charge in [-0.3, -0.25) is 0 Å². The van der Waals surface area contributed by atoms with Gasteiger partial charge in [-0.05, 0) is 36.4 Å². The van der Waals surface area contributed by atoms with E-state index in [1.54, 1.807) is 25.4 Å². The molecule has 0 saturated heterocycles. The van der Waals surface area contributed by atoms with Crippen LogP contribution in [0.3, 0.4) is 0 Å². The zero-order valence-electron chi connectivity index (χ0n) is 10.3. The molecule has 4 heteroatoms. The first-order valence-corrected chi connectivity index (χ1v) is 5.48. The summed E-state index contributed by atoms with van der Waals surface area (Å²) in [6.07, 6.45) is 1.68. The second-order valence-electron chi connectivity index (χ2n) is 3.77. The average molecular weight is 239 g/mol. The smallest absolute Gasteiger partial charge is 0.137 e. The highest BCUT2D eigenvalue weighted by molar-refractivity contribution is 5.60. The standard InChI is InChI=1S/C14H13N3O/c1-17(12-5-3-11(9-15)4-6-12)14-8-7-13(18-2)10-16-14/h3-8,10H,1-2H3. The van der Waals surface area contributed by atoms with Gasteiger partial charge in [0.2, 0.25) is 0 Å². The Kier molecular flexibility index (Phi) is 3.44. The maximum atomic E-state index is 8.75. The molecular weight excluding hydrogens is 226 g/mol. The van der Waals surface area contributed by atoms with Gasteiger partial charge in [0, 0.05) is 12.7 Å². The number of benzene rings is 1. The minimum Gasteiger partial charge on any atom is -0.495 e. The third-order valence-corrected chi connectivity index (χ3v) is 2.68. The summed E-state index contributed by atoms with van der Waals surface area (Å²) in [5, 5.41) is 8.75. The number of aromatic nitrogens is 1. The highest BCUT2D eigenvalue weighted by Gasteiger charge is 2.05. The van der Waals surface area contributed by atoms with Gasteiger partial charge in [-0.1, -0.05) is 0 Å². The van der Waals surface area contributed by atoms with E-state index < -0.39 is 0 Å². The van der Waals surface area contributed by atoms with Crippen molar-refractivity contribution in [2.24, 2.45) is 0 Å². The molecule has 2 rings (SSSR count). The summed E-state index contributed by atoms with van der Waals surface area (Å²) in [7, 11) is 3.54. The highest BCUT2D eigenvalue weighted by atomic mass is 16.5. The molecule has 0 unspecified atom stereocenters. The zero-order chi connectivity index (χ0) is 13.0. The van der Waals surface area contributed by atoms with E-state index in [-0.39, 0.29) is 0 Å². The predicted molar refractivity (Wildman–Crippen MR) is 70.0 cm³/mol. The van der Waals surface area contributed by atoms with Gasteiger partial charge in [-0.2, -0.15) is 5.26 Å². The molecule has 0 atom stereocenters. The van der Waals surface area contributed by atoms with Crippen LogP contribution in [0, 0.1) is 11.3 Å². The second kappa shape index (κ2) is 5.19. The van der Waals surface area contributed by atoms with E-state index in [2.05, 4.69) is 11.1 Å². The molecule has 0 spiro atoms. The molecule has 4 nitrogen and oxygen atoms in total. The number of nitrogens with zero attached hydrogens (tertiary/aromatic N) is 3. The molecule has 0 bridgehead atoms. The lowest BCUT2D eigenvalue weighted by molar-refractivity contribution is 0.413. The summed E-state index contributed by atoms with van der Waals surface area (Å²) >= 11 is 0. The first kappa shape index (κ1) is 11.9. The van der Waals surface area contributed by atoms with Gasteiger partial charge in [0.1, 0.15) is 11.6 Å². The van der Waals surface area contributed by atoms with Gasteiger partial charge in [0.15, 0.2) is 0 Å². The fourth-order valence-corrected chi connectivity index (χ4v) is 1.58. The molecule has 0 aliphatic heterocycles. The summed E-state index contributed by atoms with van der Waals surface area (Å²) in [6, 6.07) is 13.2. The molecule has 0 aliphatic carbocycles. The molecule has 1 heterocycles. The quantitative estimate of drug-likeness (QED) is 0.826. The van der Waals surface area contributed by atoms with E-state index in [0.29, 0.717) is 5.56 Å². The molecule has 0 aliphatic rings. The Morgan fingerprint density at radius 3 is 2.39 bits per heavy atom. The number of ether oxygens (including phenoxy) is 1. The number of methoxy groups -OCH3 is 1. The Labute approximate surface area is 106 Å². The average Bonchev–Trinajstić information content (AvgIpc) is 2.47. The second-order valence-corrected chi connectivity index (χ2v) is 3.77. The lowest BCUT2D eigenvalue weighted by Crippen LogP contribution is -2.10. The molecule has 18 heavy (non-hydrogen) atoms. The van der Waals surface area contributed by atoms with Crippen LogP contribution in [0.15, 0.2) is 42.6 Å². The van der Waals surface area contributed by atoms with E-state index in [4.69, 9.17) is 10.00 Å². The lowest BCUT2D eigenvalue weighted by atomic mass is 10.2. The number of anilines is 2. The Hall–Kier alpha value is -2.54. The number of nitriles is 1. The van der Waals surface area contributed by atoms with Crippen LogP contribution in [-0.4, -0.2) is 19.1 Å². The number of hydrogen-bond donors (Lipinski definition) is 0. The molecule has 1 aromatic heterocycles. The fourth-order valence-electron chi connectivity index (χ4n) is 1.58. The first-order chi connectivity index (χ1) is 8.74. The first-order valence-electron chi connectivity index (χ1n) is 5.48. The van der Waals surface area contributed by atoms with Crippen LogP contribution in [0.2, 0.25) is 0 Å². The summed E-state index contributed by atoms with van der Waals surface area (Å²) in [6.45, 7) is 0. The van der Waals surface area contributed by atoms with Gasteiger partial charge >= 0.3 is 0 Å². The maximum absolute atomic E-state index is 8.75. The normalized spacial score (nSPS) is 9.61. The topological polar surface area (TPSA) is 49.1 Å². The van der Waals surface area contributed by atoms with Crippen molar-refractivity contribution >= 4 is 11.5 Å². The Balaban J connectivity index is 2.23. The van der Waals surface area contributed by atoms with Gasteiger partial charge in [0.05, 0.1) is 24.9 Å². The monoisotopic (exact) mass is 239 g/mol. The van der Waals surface area contributed by atoms with Crippen molar-refractivity contribution in [3.05, 3.63) is 48.2 Å². The van der Waals surface area contributed by atoms with E-state index in [1.807, 2.05) is 36.2 Å². The lowest BCUT2D eigenvalue weighted by Gasteiger charge is -2.18. The van der Waals surface area contributed by atoms with E-state index in [1.165, 1.54) is 0 Å². The van der Waals surface area contributed by atoms with E-state index in [0.717, 1.165) is 17.3 Å². The van der Waals surface area contributed by atoms with Crippen molar-refractivity contribution in [2.75, 3.05) is 19.1 Å². The maximum Gasteiger partial charge on any atom is 0.137 e. The van der Waals surface area contributed by atoms with Crippen LogP contribution in [-0.2, 0) is 0 Å². The van der Waals surface area contributed by atoms with Crippen molar-refractivity contribution in [1.29, 1.82) is 5.26 Å². The SMILES string of the molecule is COc1ccc(N(C)c2ccc(C#N)cc2)nc1. The van der Waals surface area contributed by atoms with Crippen LogP contribution in [0.5, 0.6) is 5.75 Å². The fraction of sp³-hybridized carbons (Fsp3) is 0.143. The predicted octanol–water partition coefficient (Wildman–Crippen LogP) is 2.73. The number of pyridine rings is 1. The molecule has 90 valence electrons. The molecule has 0 amide bonds. The number of hydrogen-bond acceptors (Lipinski definition) is 4. The van der Waals surface area contributed by atoms with Gasteiger partial charge < -0.3 is 9.64 Å². The Morgan fingerprint density at radius 1 is 1.17 bits per heavy atom. The van der Waals surface area contributed by atoms with Crippen molar-refractivity contribution in [1.82, 2.24) is 4.98 Å². The van der Waals surface area contributed by atoms with Crippen LogP contribution in [0.1, 0.15) is 5.56 Å². The van der Waals surface area contributed by atoms with Gasteiger partial charge in [0.25, 0.3) is 0 Å². The molecule has 0 N–H and O–H groups in total. The highest BCUT2D eigenvalue weighted by Crippen LogP contribution is 2.23. The third-order valence-electron chi connectivity index (χ3n) is 2.68. The van der Waals surface area contributed by atoms with Crippen LogP contribution < -0.4 is 9.64 Å². The largest absolute Gasteiger partial charge is 0.495 e. The minimum atomic E-state index is 0.648. The van der Waals surface area contributed by atoms with Crippen molar-refractivity contribution in [3.63, 3.8) is 0 Å². The van der Waals surface area contributed by atoms with Gasteiger partial charge in [-0.25, -0.2) is 4.98 Å².